The Morgan fingerprint density at radius 3 is 2.31 bits per heavy atom. The van der Waals surface area contributed by atoms with E-state index in [1.54, 1.807) is 0 Å². The van der Waals surface area contributed by atoms with Crippen molar-refractivity contribution < 1.29 is 17.9 Å². The molecule has 0 unspecified atom stereocenters. The van der Waals surface area contributed by atoms with Crippen LogP contribution in [0.2, 0.25) is 0 Å². The van der Waals surface area contributed by atoms with Gasteiger partial charge < -0.3 is 10.1 Å². The SMILES string of the molecule is Cc1cc(C)cc(N(CCCC(=O)NCCCOC(C)C)S(C)(=O)=O)c1. The molecule has 0 aliphatic carbocycles. The lowest BCUT2D eigenvalue weighted by Gasteiger charge is -2.23. The van der Waals surface area contributed by atoms with Crippen LogP contribution in [0.15, 0.2) is 18.2 Å². The number of benzene rings is 1. The molecule has 0 aliphatic rings. The smallest absolute Gasteiger partial charge is 0.232 e. The summed E-state index contributed by atoms with van der Waals surface area (Å²) in [5, 5.41) is 2.84. The minimum Gasteiger partial charge on any atom is -0.379 e. The van der Waals surface area contributed by atoms with Crippen LogP contribution in [-0.4, -0.2) is 46.4 Å². The first kappa shape index (κ1) is 22.4. The number of sulfonamides is 1. The minimum atomic E-state index is -3.40. The van der Waals surface area contributed by atoms with Crippen LogP contribution in [0.1, 0.15) is 44.2 Å². The number of ether oxygens (including phenoxy) is 1. The molecule has 0 saturated heterocycles. The predicted octanol–water partition coefficient (Wildman–Crippen LogP) is 2.78. The van der Waals surface area contributed by atoms with E-state index in [0.717, 1.165) is 17.5 Å². The van der Waals surface area contributed by atoms with Gasteiger partial charge in [-0.25, -0.2) is 8.42 Å². The van der Waals surface area contributed by atoms with Crippen LogP contribution in [0.25, 0.3) is 0 Å². The van der Waals surface area contributed by atoms with Crippen molar-refractivity contribution in [1.82, 2.24) is 5.32 Å². The van der Waals surface area contributed by atoms with Crippen LogP contribution in [0.5, 0.6) is 0 Å². The molecule has 0 aliphatic heterocycles. The van der Waals surface area contributed by atoms with E-state index in [2.05, 4.69) is 5.32 Å². The van der Waals surface area contributed by atoms with E-state index in [9.17, 15) is 13.2 Å². The number of amides is 1. The van der Waals surface area contributed by atoms with Gasteiger partial charge in [-0.1, -0.05) is 6.07 Å². The standard InChI is InChI=1S/C19H32N2O4S/c1-15(2)25-11-7-9-20-19(22)8-6-10-21(26(5,23)24)18-13-16(3)12-17(4)14-18/h12-15H,6-11H2,1-5H3,(H,20,22). The molecular weight excluding hydrogens is 352 g/mol. The summed E-state index contributed by atoms with van der Waals surface area (Å²) in [5.74, 6) is -0.0663. The highest BCUT2D eigenvalue weighted by Crippen LogP contribution is 2.21. The van der Waals surface area contributed by atoms with Gasteiger partial charge in [0.1, 0.15) is 0 Å². The first-order valence-corrected chi connectivity index (χ1v) is 10.9. The van der Waals surface area contributed by atoms with Crippen LogP contribution >= 0.6 is 0 Å². The third kappa shape index (κ3) is 8.67. The van der Waals surface area contributed by atoms with Crippen molar-refractivity contribution in [3.8, 4) is 0 Å². The van der Waals surface area contributed by atoms with Crippen molar-refractivity contribution in [2.45, 2.75) is 53.1 Å². The van der Waals surface area contributed by atoms with Crippen molar-refractivity contribution in [3.63, 3.8) is 0 Å². The molecule has 0 saturated carbocycles. The Hall–Kier alpha value is -1.60. The van der Waals surface area contributed by atoms with Crippen LogP contribution in [0, 0.1) is 13.8 Å². The lowest BCUT2D eigenvalue weighted by atomic mass is 10.1. The average Bonchev–Trinajstić information content (AvgIpc) is 2.48. The monoisotopic (exact) mass is 384 g/mol. The molecule has 0 atom stereocenters. The molecule has 0 fully saturated rings. The number of hydrogen-bond donors (Lipinski definition) is 1. The molecular formula is C19H32N2O4S. The van der Waals surface area contributed by atoms with Gasteiger partial charge in [-0.3, -0.25) is 9.10 Å². The van der Waals surface area contributed by atoms with E-state index in [0.29, 0.717) is 31.7 Å². The van der Waals surface area contributed by atoms with Crippen molar-refractivity contribution in [2.75, 3.05) is 30.3 Å². The van der Waals surface area contributed by atoms with Crippen LogP contribution in [-0.2, 0) is 19.6 Å². The van der Waals surface area contributed by atoms with E-state index in [1.807, 2.05) is 45.9 Å². The maximum absolute atomic E-state index is 12.1. The Labute approximate surface area is 158 Å². The number of carbonyl (C=O) groups is 1. The number of anilines is 1. The molecule has 0 aromatic heterocycles. The first-order valence-electron chi connectivity index (χ1n) is 9.04. The number of nitrogens with one attached hydrogen (secondary N) is 1. The Kier molecular flexibility index (Phi) is 9.08. The second-order valence-electron chi connectivity index (χ2n) is 6.91. The summed E-state index contributed by atoms with van der Waals surface area (Å²) in [6, 6.07) is 5.70. The maximum atomic E-state index is 12.1. The summed E-state index contributed by atoms with van der Waals surface area (Å²) in [6.45, 7) is 9.29. The zero-order valence-corrected chi connectivity index (χ0v) is 17.4. The van der Waals surface area contributed by atoms with Gasteiger partial charge in [0.25, 0.3) is 0 Å². The van der Waals surface area contributed by atoms with Gasteiger partial charge in [-0.2, -0.15) is 0 Å². The van der Waals surface area contributed by atoms with E-state index < -0.39 is 10.0 Å². The summed E-state index contributed by atoms with van der Waals surface area (Å²) in [5.41, 5.74) is 2.67. The summed E-state index contributed by atoms with van der Waals surface area (Å²) >= 11 is 0. The summed E-state index contributed by atoms with van der Waals surface area (Å²) in [6.07, 6.45) is 2.91. The second-order valence-corrected chi connectivity index (χ2v) is 8.81. The Bertz CT molecular complexity index is 667. The quantitative estimate of drug-likeness (QED) is 0.595. The zero-order chi connectivity index (χ0) is 19.7. The van der Waals surface area contributed by atoms with Crippen molar-refractivity contribution in [3.05, 3.63) is 29.3 Å². The summed E-state index contributed by atoms with van der Waals surface area (Å²) in [7, 11) is -3.40. The highest BCUT2D eigenvalue weighted by Gasteiger charge is 2.18. The van der Waals surface area contributed by atoms with Crippen molar-refractivity contribution in [1.29, 1.82) is 0 Å². The molecule has 0 bridgehead atoms. The van der Waals surface area contributed by atoms with Gasteiger partial charge in [-0.15, -0.1) is 0 Å². The van der Waals surface area contributed by atoms with E-state index >= 15 is 0 Å². The van der Waals surface area contributed by atoms with E-state index in [1.165, 1.54) is 10.6 Å². The molecule has 7 heteroatoms. The lowest BCUT2D eigenvalue weighted by molar-refractivity contribution is -0.121. The van der Waals surface area contributed by atoms with E-state index in [4.69, 9.17) is 4.74 Å². The minimum absolute atomic E-state index is 0.0663. The number of aryl methyl sites for hydroxylation is 2. The summed E-state index contributed by atoms with van der Waals surface area (Å²) in [4.78, 5) is 11.9. The molecule has 0 radical (unpaired) electrons. The number of hydrogen-bond acceptors (Lipinski definition) is 4. The molecule has 148 valence electrons. The van der Waals surface area contributed by atoms with Gasteiger partial charge >= 0.3 is 0 Å². The Morgan fingerprint density at radius 1 is 1.15 bits per heavy atom. The van der Waals surface area contributed by atoms with Gasteiger partial charge in [-0.05, 0) is 63.8 Å². The number of carbonyl (C=O) groups excluding carboxylic acids is 1. The normalized spacial score (nSPS) is 11.6. The molecule has 1 aromatic rings. The fourth-order valence-electron chi connectivity index (χ4n) is 2.67. The van der Waals surface area contributed by atoms with Crippen LogP contribution in [0.3, 0.4) is 0 Å². The van der Waals surface area contributed by atoms with Gasteiger partial charge in [0.2, 0.25) is 15.9 Å². The third-order valence-electron chi connectivity index (χ3n) is 3.75. The van der Waals surface area contributed by atoms with Crippen molar-refractivity contribution >= 4 is 21.6 Å². The molecule has 26 heavy (non-hydrogen) atoms. The molecule has 1 rings (SSSR count). The topological polar surface area (TPSA) is 75.7 Å². The average molecular weight is 385 g/mol. The highest BCUT2D eigenvalue weighted by molar-refractivity contribution is 7.92. The second kappa shape index (κ2) is 10.5. The van der Waals surface area contributed by atoms with Crippen LogP contribution in [0.4, 0.5) is 5.69 Å². The third-order valence-corrected chi connectivity index (χ3v) is 4.95. The molecule has 0 heterocycles. The first-order chi connectivity index (χ1) is 12.1. The number of rotatable bonds is 11. The van der Waals surface area contributed by atoms with Gasteiger partial charge in [0.05, 0.1) is 18.0 Å². The molecule has 6 nitrogen and oxygen atoms in total. The Balaban J connectivity index is 2.49. The van der Waals surface area contributed by atoms with Crippen LogP contribution < -0.4 is 9.62 Å². The van der Waals surface area contributed by atoms with Gasteiger partial charge in [0, 0.05) is 26.1 Å². The van der Waals surface area contributed by atoms with E-state index in [-0.39, 0.29) is 18.6 Å². The fourth-order valence-corrected chi connectivity index (χ4v) is 3.62. The number of nitrogens with zero attached hydrogens (tertiary/aromatic N) is 1. The molecule has 1 N–H and O–H groups in total. The zero-order valence-electron chi connectivity index (χ0n) is 16.5. The molecule has 1 aromatic carbocycles. The summed E-state index contributed by atoms with van der Waals surface area (Å²) < 4.78 is 31.1. The largest absolute Gasteiger partial charge is 0.379 e. The maximum Gasteiger partial charge on any atom is 0.232 e. The fraction of sp³-hybridized carbons (Fsp3) is 0.632. The predicted molar refractivity (Wildman–Crippen MR) is 106 cm³/mol. The molecule has 0 spiro atoms. The van der Waals surface area contributed by atoms with Crippen molar-refractivity contribution in [2.24, 2.45) is 0 Å². The Morgan fingerprint density at radius 2 is 1.77 bits per heavy atom. The highest BCUT2D eigenvalue weighted by atomic mass is 32.2. The molecule has 1 amide bonds. The lowest BCUT2D eigenvalue weighted by Crippen LogP contribution is -2.32. The van der Waals surface area contributed by atoms with Gasteiger partial charge in [0.15, 0.2) is 0 Å².